The standard InChI is InChI=1S/C14H15N3O2/c18-13-6-2-3-9-10(13)4-1-5-11(9)16-14(19)12-7-8-15-17-12/h2-3,6-8,11,18H,1,4-5H2,(H,15,17)(H,16,19). The third-order valence-electron chi connectivity index (χ3n) is 3.53. The van der Waals surface area contributed by atoms with Crippen LogP contribution in [0.25, 0.3) is 0 Å². The number of aromatic hydroxyl groups is 1. The maximum atomic E-state index is 12.0. The normalized spacial score (nSPS) is 17.8. The first-order valence-electron chi connectivity index (χ1n) is 6.36. The van der Waals surface area contributed by atoms with E-state index in [9.17, 15) is 9.90 Å². The maximum Gasteiger partial charge on any atom is 0.269 e. The number of carbonyl (C=O) groups is 1. The summed E-state index contributed by atoms with van der Waals surface area (Å²) in [6.07, 6.45) is 4.25. The van der Waals surface area contributed by atoms with Gasteiger partial charge in [0.2, 0.25) is 0 Å². The van der Waals surface area contributed by atoms with Gasteiger partial charge in [0.15, 0.2) is 0 Å². The van der Waals surface area contributed by atoms with E-state index in [-0.39, 0.29) is 11.9 Å². The van der Waals surface area contributed by atoms with Gasteiger partial charge >= 0.3 is 0 Å². The van der Waals surface area contributed by atoms with Crippen LogP contribution in [0.5, 0.6) is 5.75 Å². The van der Waals surface area contributed by atoms with E-state index in [2.05, 4.69) is 15.5 Å². The number of hydrogen-bond donors (Lipinski definition) is 3. The smallest absolute Gasteiger partial charge is 0.269 e. The highest BCUT2D eigenvalue weighted by atomic mass is 16.3. The summed E-state index contributed by atoms with van der Waals surface area (Å²) in [5.74, 6) is 0.150. The fourth-order valence-corrected chi connectivity index (χ4v) is 2.60. The highest BCUT2D eigenvalue weighted by Gasteiger charge is 2.24. The average Bonchev–Trinajstić information content (AvgIpc) is 2.94. The van der Waals surface area contributed by atoms with Crippen molar-refractivity contribution in [3.63, 3.8) is 0 Å². The predicted octanol–water partition coefficient (Wildman–Crippen LogP) is 1.92. The molecule has 2 aromatic rings. The van der Waals surface area contributed by atoms with Gasteiger partial charge in [-0.3, -0.25) is 9.89 Å². The van der Waals surface area contributed by atoms with Crippen molar-refractivity contribution >= 4 is 5.91 Å². The van der Waals surface area contributed by atoms with Crippen LogP contribution in [0.4, 0.5) is 0 Å². The van der Waals surface area contributed by atoms with Gasteiger partial charge in [0.05, 0.1) is 6.04 Å². The number of phenols is 1. The molecule has 0 bridgehead atoms. The Morgan fingerprint density at radius 2 is 2.32 bits per heavy atom. The van der Waals surface area contributed by atoms with Gasteiger partial charge in [-0.2, -0.15) is 5.10 Å². The van der Waals surface area contributed by atoms with Crippen LogP contribution >= 0.6 is 0 Å². The van der Waals surface area contributed by atoms with E-state index in [1.165, 1.54) is 0 Å². The summed E-state index contributed by atoms with van der Waals surface area (Å²) in [7, 11) is 0. The number of nitrogens with one attached hydrogen (secondary N) is 2. The van der Waals surface area contributed by atoms with Crippen molar-refractivity contribution in [3.05, 3.63) is 47.3 Å². The molecule has 0 saturated heterocycles. The molecule has 3 rings (SSSR count). The summed E-state index contributed by atoms with van der Waals surface area (Å²) in [5, 5.41) is 19.3. The number of benzene rings is 1. The molecule has 0 radical (unpaired) electrons. The predicted molar refractivity (Wildman–Crippen MR) is 69.8 cm³/mol. The molecule has 0 saturated carbocycles. The molecule has 3 N–H and O–H groups in total. The fraction of sp³-hybridized carbons (Fsp3) is 0.286. The molecule has 1 atom stereocenters. The number of phenolic OH excluding ortho intramolecular Hbond substituents is 1. The molecule has 98 valence electrons. The van der Waals surface area contributed by atoms with Crippen molar-refractivity contribution in [1.82, 2.24) is 15.5 Å². The Bertz CT molecular complexity index is 593. The van der Waals surface area contributed by atoms with Crippen molar-refractivity contribution in [2.24, 2.45) is 0 Å². The number of amides is 1. The van der Waals surface area contributed by atoms with Gasteiger partial charge in [0.25, 0.3) is 5.91 Å². The summed E-state index contributed by atoms with van der Waals surface area (Å²) in [4.78, 5) is 12.0. The molecular weight excluding hydrogens is 242 g/mol. The Morgan fingerprint density at radius 3 is 3.11 bits per heavy atom. The number of aromatic nitrogens is 2. The van der Waals surface area contributed by atoms with Gasteiger partial charge in [0.1, 0.15) is 11.4 Å². The van der Waals surface area contributed by atoms with Gasteiger partial charge < -0.3 is 10.4 Å². The minimum atomic E-state index is -0.168. The molecule has 0 aliphatic heterocycles. The van der Waals surface area contributed by atoms with Crippen molar-refractivity contribution in [2.45, 2.75) is 25.3 Å². The SMILES string of the molecule is O=C(NC1CCCc2c(O)cccc21)c1ccn[nH]1. The second-order valence-electron chi connectivity index (χ2n) is 4.73. The van der Waals surface area contributed by atoms with Crippen LogP contribution in [-0.2, 0) is 6.42 Å². The molecule has 5 heteroatoms. The molecule has 19 heavy (non-hydrogen) atoms. The van der Waals surface area contributed by atoms with E-state index < -0.39 is 0 Å². The summed E-state index contributed by atoms with van der Waals surface area (Å²) in [6.45, 7) is 0. The van der Waals surface area contributed by atoms with Gasteiger partial charge in [-0.25, -0.2) is 0 Å². The quantitative estimate of drug-likeness (QED) is 0.769. The Kier molecular flexibility index (Phi) is 2.95. The largest absolute Gasteiger partial charge is 0.508 e. The first-order valence-corrected chi connectivity index (χ1v) is 6.36. The number of fused-ring (bicyclic) bond motifs is 1. The highest BCUT2D eigenvalue weighted by molar-refractivity contribution is 5.92. The van der Waals surface area contributed by atoms with Crippen molar-refractivity contribution in [1.29, 1.82) is 0 Å². The third kappa shape index (κ3) is 2.19. The first kappa shape index (κ1) is 11.8. The zero-order valence-corrected chi connectivity index (χ0v) is 10.4. The zero-order chi connectivity index (χ0) is 13.2. The second kappa shape index (κ2) is 4.76. The molecule has 0 spiro atoms. The number of hydrogen-bond acceptors (Lipinski definition) is 3. The Labute approximate surface area is 110 Å². The van der Waals surface area contributed by atoms with E-state index >= 15 is 0 Å². The molecule has 0 fully saturated rings. The van der Waals surface area contributed by atoms with Gasteiger partial charge in [-0.1, -0.05) is 12.1 Å². The Balaban J connectivity index is 1.84. The zero-order valence-electron chi connectivity index (χ0n) is 10.4. The minimum Gasteiger partial charge on any atom is -0.508 e. The number of H-pyrrole nitrogens is 1. The van der Waals surface area contributed by atoms with Crippen LogP contribution in [0.2, 0.25) is 0 Å². The van der Waals surface area contributed by atoms with E-state index in [1.807, 2.05) is 12.1 Å². The lowest BCUT2D eigenvalue weighted by Crippen LogP contribution is -2.31. The van der Waals surface area contributed by atoms with E-state index in [0.29, 0.717) is 11.4 Å². The van der Waals surface area contributed by atoms with Crippen LogP contribution in [0.1, 0.15) is 40.5 Å². The second-order valence-corrected chi connectivity index (χ2v) is 4.73. The number of aromatic amines is 1. The van der Waals surface area contributed by atoms with Crippen molar-refractivity contribution in [3.8, 4) is 5.75 Å². The number of rotatable bonds is 2. The maximum absolute atomic E-state index is 12.0. The van der Waals surface area contributed by atoms with Crippen molar-refractivity contribution < 1.29 is 9.90 Å². The van der Waals surface area contributed by atoms with Crippen LogP contribution in [0.3, 0.4) is 0 Å². The molecule has 5 nitrogen and oxygen atoms in total. The van der Waals surface area contributed by atoms with Crippen LogP contribution in [-0.4, -0.2) is 21.2 Å². The van der Waals surface area contributed by atoms with Crippen LogP contribution in [0.15, 0.2) is 30.5 Å². The van der Waals surface area contributed by atoms with E-state index in [0.717, 1.165) is 30.4 Å². The average molecular weight is 257 g/mol. The Morgan fingerprint density at radius 1 is 1.42 bits per heavy atom. The lowest BCUT2D eigenvalue weighted by atomic mass is 9.87. The summed E-state index contributed by atoms with van der Waals surface area (Å²) in [5.41, 5.74) is 2.41. The first-order chi connectivity index (χ1) is 9.25. The topological polar surface area (TPSA) is 78.0 Å². The van der Waals surface area contributed by atoms with Gasteiger partial charge in [0, 0.05) is 6.20 Å². The lowest BCUT2D eigenvalue weighted by molar-refractivity contribution is 0.0927. The van der Waals surface area contributed by atoms with E-state index in [4.69, 9.17) is 0 Å². The molecule has 1 aliphatic carbocycles. The fourth-order valence-electron chi connectivity index (χ4n) is 2.60. The summed E-state index contributed by atoms with van der Waals surface area (Å²) in [6, 6.07) is 7.06. The van der Waals surface area contributed by atoms with Crippen LogP contribution in [0, 0.1) is 0 Å². The molecule has 1 aliphatic rings. The number of carbonyl (C=O) groups excluding carboxylic acids is 1. The molecule has 1 heterocycles. The molecule has 1 aromatic heterocycles. The third-order valence-corrected chi connectivity index (χ3v) is 3.53. The molecule has 1 aromatic carbocycles. The molecule has 1 amide bonds. The highest BCUT2D eigenvalue weighted by Crippen LogP contribution is 2.34. The van der Waals surface area contributed by atoms with Gasteiger partial charge in [-0.05, 0) is 42.5 Å². The number of nitrogens with zero attached hydrogens (tertiary/aromatic N) is 1. The molecule has 1 unspecified atom stereocenters. The lowest BCUT2D eigenvalue weighted by Gasteiger charge is -2.26. The van der Waals surface area contributed by atoms with Crippen molar-refractivity contribution in [2.75, 3.05) is 0 Å². The van der Waals surface area contributed by atoms with Crippen LogP contribution < -0.4 is 5.32 Å². The molecular formula is C14H15N3O2. The summed E-state index contributed by atoms with van der Waals surface area (Å²) >= 11 is 0. The minimum absolute atomic E-state index is 0.0494. The Hall–Kier alpha value is -2.30. The van der Waals surface area contributed by atoms with Gasteiger partial charge in [-0.15, -0.1) is 0 Å². The van der Waals surface area contributed by atoms with E-state index in [1.54, 1.807) is 18.3 Å². The summed E-state index contributed by atoms with van der Waals surface area (Å²) < 4.78 is 0. The monoisotopic (exact) mass is 257 g/mol.